The van der Waals surface area contributed by atoms with Gasteiger partial charge >= 0.3 is 6.09 Å². The topological polar surface area (TPSA) is 50.8 Å². The van der Waals surface area contributed by atoms with Gasteiger partial charge in [-0.25, -0.2) is 4.79 Å². The maximum atomic E-state index is 12.8. The number of carbonyl (C=O) groups excluding carboxylic acids is 1. The lowest BCUT2D eigenvalue weighted by atomic mass is 9.83. The minimum absolute atomic E-state index is 0.0378. The van der Waals surface area contributed by atoms with E-state index in [9.17, 15) is 4.79 Å². The van der Waals surface area contributed by atoms with E-state index in [1.54, 1.807) is 7.11 Å². The normalized spacial score (nSPS) is 23.7. The average molecular weight is 352 g/mol. The molecule has 1 saturated heterocycles. The van der Waals surface area contributed by atoms with Crippen molar-refractivity contribution in [2.24, 2.45) is 5.92 Å². The first-order chi connectivity index (χ1) is 12.8. The van der Waals surface area contributed by atoms with Crippen molar-refractivity contribution < 1.29 is 14.3 Å². The van der Waals surface area contributed by atoms with E-state index in [4.69, 9.17) is 9.47 Å². The summed E-state index contributed by atoms with van der Waals surface area (Å²) in [7, 11) is 1.72. The van der Waals surface area contributed by atoms with Gasteiger partial charge in [0, 0.05) is 25.3 Å². The van der Waals surface area contributed by atoms with Crippen LogP contribution in [-0.4, -0.2) is 37.3 Å². The van der Waals surface area contributed by atoms with Crippen LogP contribution in [0.5, 0.6) is 0 Å². The molecule has 1 fully saturated rings. The number of ether oxygens (including phenoxy) is 2. The molecule has 5 heteroatoms. The molecule has 0 saturated carbocycles. The fourth-order valence-electron chi connectivity index (χ4n) is 4.18. The number of likely N-dealkylation sites (tertiary alicyclic amines) is 1. The zero-order chi connectivity index (χ0) is 17.9. The third-order valence-electron chi connectivity index (χ3n) is 5.37. The lowest BCUT2D eigenvalue weighted by Crippen LogP contribution is -2.43. The summed E-state index contributed by atoms with van der Waals surface area (Å²) in [5, 5.41) is 3.58. The first-order valence-corrected chi connectivity index (χ1v) is 9.09. The molecule has 2 aliphatic heterocycles. The van der Waals surface area contributed by atoms with Gasteiger partial charge in [-0.2, -0.15) is 0 Å². The van der Waals surface area contributed by atoms with Crippen LogP contribution in [-0.2, 0) is 16.1 Å². The summed E-state index contributed by atoms with van der Waals surface area (Å²) in [4.78, 5) is 14.7. The number of nitrogens with zero attached hydrogens (tertiary/aromatic N) is 1. The summed E-state index contributed by atoms with van der Waals surface area (Å²) in [5.74, 6) is 0.328. The van der Waals surface area contributed by atoms with E-state index < -0.39 is 0 Å². The van der Waals surface area contributed by atoms with Gasteiger partial charge in [-0.05, 0) is 23.6 Å². The highest BCUT2D eigenvalue weighted by Gasteiger charge is 2.46. The van der Waals surface area contributed by atoms with E-state index in [2.05, 4.69) is 17.4 Å². The van der Waals surface area contributed by atoms with E-state index in [-0.39, 0.29) is 18.2 Å². The van der Waals surface area contributed by atoms with Crippen LogP contribution < -0.4 is 5.32 Å². The van der Waals surface area contributed by atoms with Crippen LogP contribution >= 0.6 is 0 Å². The van der Waals surface area contributed by atoms with Crippen molar-refractivity contribution in [1.82, 2.24) is 4.90 Å². The van der Waals surface area contributed by atoms with Crippen molar-refractivity contribution in [3.05, 3.63) is 65.7 Å². The van der Waals surface area contributed by atoms with Gasteiger partial charge in [0.25, 0.3) is 0 Å². The Bertz CT molecular complexity index is 765. The van der Waals surface area contributed by atoms with Crippen molar-refractivity contribution in [2.75, 3.05) is 25.6 Å². The second-order valence-corrected chi connectivity index (χ2v) is 6.92. The first-order valence-electron chi connectivity index (χ1n) is 9.09. The fraction of sp³-hybridized carbons (Fsp3) is 0.381. The molecule has 2 aliphatic rings. The molecule has 136 valence electrons. The van der Waals surface area contributed by atoms with Gasteiger partial charge in [-0.1, -0.05) is 48.5 Å². The molecule has 0 spiro atoms. The van der Waals surface area contributed by atoms with Crippen molar-refractivity contribution in [3.63, 3.8) is 0 Å². The van der Waals surface area contributed by atoms with Gasteiger partial charge in [-0.15, -0.1) is 0 Å². The van der Waals surface area contributed by atoms with Crippen molar-refractivity contribution in [1.29, 1.82) is 0 Å². The number of hydrogen-bond donors (Lipinski definition) is 1. The number of para-hydroxylation sites is 1. The van der Waals surface area contributed by atoms with E-state index in [1.165, 1.54) is 5.56 Å². The van der Waals surface area contributed by atoms with Crippen LogP contribution in [0.25, 0.3) is 0 Å². The molecule has 5 nitrogen and oxygen atoms in total. The Hall–Kier alpha value is -2.53. The molecule has 3 atom stereocenters. The summed E-state index contributed by atoms with van der Waals surface area (Å²) in [6.45, 7) is 1.64. The lowest BCUT2D eigenvalue weighted by Gasteiger charge is -2.39. The molecular weight excluding hydrogens is 328 g/mol. The van der Waals surface area contributed by atoms with Crippen LogP contribution in [0, 0.1) is 5.92 Å². The van der Waals surface area contributed by atoms with Crippen molar-refractivity contribution in [3.8, 4) is 0 Å². The highest BCUT2D eigenvalue weighted by atomic mass is 16.6. The van der Waals surface area contributed by atoms with E-state index >= 15 is 0 Å². The Kier molecular flexibility index (Phi) is 4.80. The maximum absolute atomic E-state index is 12.8. The number of amides is 1. The monoisotopic (exact) mass is 352 g/mol. The standard InChI is InChI=1S/C21H24N2O3/c1-25-14-19-17-11-12-23(20(17)16-9-5-6-10-18(16)22-19)21(24)26-13-15-7-3-2-4-8-15/h2-10,17,19-20,22H,11-14H2,1H3. The van der Waals surface area contributed by atoms with Gasteiger partial charge in [0.05, 0.1) is 18.7 Å². The van der Waals surface area contributed by atoms with E-state index in [0.29, 0.717) is 25.7 Å². The second-order valence-electron chi connectivity index (χ2n) is 6.92. The highest BCUT2D eigenvalue weighted by Crippen LogP contribution is 2.46. The molecule has 3 unspecified atom stereocenters. The number of carbonyl (C=O) groups is 1. The second kappa shape index (κ2) is 7.38. The average Bonchev–Trinajstić information content (AvgIpc) is 3.13. The Morgan fingerprint density at radius 1 is 1.15 bits per heavy atom. The van der Waals surface area contributed by atoms with Crippen LogP contribution in [0.1, 0.15) is 23.6 Å². The number of rotatable bonds is 4. The summed E-state index contributed by atoms with van der Waals surface area (Å²) < 4.78 is 11.0. The lowest BCUT2D eigenvalue weighted by molar-refractivity contribution is 0.0825. The zero-order valence-corrected chi connectivity index (χ0v) is 14.9. The summed E-state index contributed by atoms with van der Waals surface area (Å²) in [6, 6.07) is 18.2. The highest BCUT2D eigenvalue weighted by molar-refractivity contribution is 5.70. The molecule has 0 radical (unpaired) electrons. The Balaban J connectivity index is 1.54. The molecule has 4 rings (SSSR count). The van der Waals surface area contributed by atoms with Gasteiger partial charge in [-0.3, -0.25) is 0 Å². The van der Waals surface area contributed by atoms with Gasteiger partial charge < -0.3 is 19.7 Å². The quantitative estimate of drug-likeness (QED) is 0.909. The summed E-state index contributed by atoms with van der Waals surface area (Å²) in [6.07, 6.45) is 0.703. The molecule has 1 amide bonds. The number of methoxy groups -OCH3 is 1. The van der Waals surface area contributed by atoms with Crippen LogP contribution in [0.2, 0.25) is 0 Å². The SMILES string of the molecule is COCC1Nc2ccccc2C2C1CCN2C(=O)OCc1ccccc1. The van der Waals surface area contributed by atoms with Crippen LogP contribution in [0.4, 0.5) is 10.5 Å². The number of nitrogens with one attached hydrogen (secondary N) is 1. The Morgan fingerprint density at radius 3 is 2.73 bits per heavy atom. The zero-order valence-electron chi connectivity index (χ0n) is 14.9. The summed E-state index contributed by atoms with van der Waals surface area (Å²) in [5.41, 5.74) is 3.25. The minimum atomic E-state index is -0.241. The van der Waals surface area contributed by atoms with E-state index in [0.717, 1.165) is 17.7 Å². The smallest absolute Gasteiger partial charge is 0.410 e. The van der Waals surface area contributed by atoms with Gasteiger partial charge in [0.1, 0.15) is 6.61 Å². The molecule has 0 aliphatic carbocycles. The third-order valence-corrected chi connectivity index (χ3v) is 5.37. The number of anilines is 1. The van der Waals surface area contributed by atoms with Gasteiger partial charge in [0.15, 0.2) is 0 Å². The molecule has 26 heavy (non-hydrogen) atoms. The maximum Gasteiger partial charge on any atom is 0.410 e. The Labute approximate surface area is 153 Å². The predicted octanol–water partition coefficient (Wildman–Crippen LogP) is 3.83. The fourth-order valence-corrected chi connectivity index (χ4v) is 4.18. The van der Waals surface area contributed by atoms with Crippen molar-refractivity contribution >= 4 is 11.8 Å². The molecule has 2 heterocycles. The number of benzene rings is 2. The largest absolute Gasteiger partial charge is 0.445 e. The molecule has 2 aromatic carbocycles. The molecule has 0 bridgehead atoms. The van der Waals surface area contributed by atoms with Crippen LogP contribution in [0.15, 0.2) is 54.6 Å². The molecule has 0 aromatic heterocycles. The van der Waals surface area contributed by atoms with Crippen molar-refractivity contribution in [2.45, 2.75) is 25.1 Å². The number of fused-ring (bicyclic) bond motifs is 3. The Morgan fingerprint density at radius 2 is 1.92 bits per heavy atom. The molecule has 1 N–H and O–H groups in total. The predicted molar refractivity (Wildman–Crippen MR) is 99.9 cm³/mol. The number of hydrogen-bond acceptors (Lipinski definition) is 4. The summed E-state index contributed by atoms with van der Waals surface area (Å²) >= 11 is 0. The molecule has 2 aromatic rings. The van der Waals surface area contributed by atoms with Gasteiger partial charge in [0.2, 0.25) is 0 Å². The first kappa shape index (κ1) is 16.9. The third kappa shape index (κ3) is 3.15. The molecular formula is C21H24N2O3. The minimum Gasteiger partial charge on any atom is -0.445 e. The van der Waals surface area contributed by atoms with Crippen LogP contribution in [0.3, 0.4) is 0 Å². The van der Waals surface area contributed by atoms with E-state index in [1.807, 2.05) is 47.4 Å².